The summed E-state index contributed by atoms with van der Waals surface area (Å²) >= 11 is 0. The molecule has 0 bridgehead atoms. The van der Waals surface area contributed by atoms with Gasteiger partial charge in [0.25, 0.3) is 0 Å². The van der Waals surface area contributed by atoms with Crippen molar-refractivity contribution in [2.45, 2.75) is 171 Å². The molecule has 4 heterocycles. The summed E-state index contributed by atoms with van der Waals surface area (Å²) in [6, 6.07) is 0. The number of hydrogen-bond donors (Lipinski definition) is 0. The molecule has 266 valence electrons. The van der Waals surface area contributed by atoms with Crippen molar-refractivity contribution in [2.24, 2.45) is 47.3 Å². The Hall–Kier alpha value is 0.865. The van der Waals surface area contributed by atoms with Crippen LogP contribution >= 0.6 is 0 Å². The van der Waals surface area contributed by atoms with Gasteiger partial charge in [0, 0.05) is 18.1 Å². The molecule has 8 unspecified atom stereocenters. The van der Waals surface area contributed by atoms with Gasteiger partial charge in [-0.05, 0) is 63.2 Å². The molecule has 10 heteroatoms. The van der Waals surface area contributed by atoms with E-state index in [9.17, 15) is 9.59 Å². The molecule has 0 aromatic heterocycles. The smallest absolute Gasteiger partial charge is 0.378 e. The monoisotopic (exact) mass is 736 g/mol. The summed E-state index contributed by atoms with van der Waals surface area (Å²) < 4.78 is 45.4. The van der Waals surface area contributed by atoms with Crippen LogP contribution in [-0.2, 0) is 42.7 Å². The van der Waals surface area contributed by atoms with Gasteiger partial charge in [0.15, 0.2) is 24.1 Å². The zero-order chi connectivity index (χ0) is 34.2. The molecular formula is C37H63O9Rb. The quantitative estimate of drug-likeness (QED) is 0.313. The average molecular weight is 737 g/mol. The third-order valence-electron chi connectivity index (χ3n) is 12.2. The molecule has 4 saturated heterocycles. The van der Waals surface area contributed by atoms with Crippen LogP contribution in [0.5, 0.6) is 0 Å². The molecule has 0 aromatic rings. The molecule has 0 spiro atoms. The fraction of sp³-hybridized carbons (Fsp3) is 0.919. The SMILES string of the molecule is CCC1O[C@H](O[C@@H]2C(C(C)=O)O[C@@H](O[C@@H]3C(CC)O[C@@H](O[C@H]4C(C(C)=O)OC(C)C(C)[C@@H]4C)[CH-][C@H]3C)C(C)[C@H]2C)C(C)[C@@H](C)[C@@H]1C.[Rb+]. The second-order valence-electron chi connectivity index (χ2n) is 15.2. The van der Waals surface area contributed by atoms with E-state index in [1.807, 2.05) is 13.3 Å². The van der Waals surface area contributed by atoms with Crippen molar-refractivity contribution in [1.82, 2.24) is 0 Å². The first-order valence-corrected chi connectivity index (χ1v) is 18.0. The van der Waals surface area contributed by atoms with Gasteiger partial charge in [0.2, 0.25) is 0 Å². The topological polar surface area (TPSA) is 98.8 Å². The molecule has 19 atom stereocenters. The number of hydrogen-bond acceptors (Lipinski definition) is 9. The first kappa shape index (κ1) is 42.3. The van der Waals surface area contributed by atoms with Gasteiger partial charge in [-0.2, -0.15) is 0 Å². The van der Waals surface area contributed by atoms with E-state index in [1.165, 1.54) is 0 Å². The average Bonchev–Trinajstić information content (AvgIpc) is 3.01. The number of carbonyl (C=O) groups excluding carboxylic acids is 2. The molecule has 0 radical (unpaired) electrons. The minimum absolute atomic E-state index is 0. The minimum atomic E-state index is -0.762. The normalized spacial score (nSPS) is 49.2. The van der Waals surface area contributed by atoms with Crippen molar-refractivity contribution in [2.75, 3.05) is 0 Å². The molecule has 0 saturated carbocycles. The van der Waals surface area contributed by atoms with Crippen LogP contribution < -0.4 is 58.2 Å². The summed E-state index contributed by atoms with van der Waals surface area (Å²) in [5.74, 6) is 1.22. The van der Waals surface area contributed by atoms with Crippen LogP contribution in [0.2, 0.25) is 0 Å². The van der Waals surface area contributed by atoms with E-state index in [4.69, 9.17) is 33.2 Å². The van der Waals surface area contributed by atoms with Crippen molar-refractivity contribution in [3.8, 4) is 0 Å². The number of carbonyl (C=O) groups is 2. The molecule has 0 aromatic carbocycles. The summed E-state index contributed by atoms with van der Waals surface area (Å²) in [6.07, 6.45) is -0.663. The molecule has 0 amide bonds. The van der Waals surface area contributed by atoms with Crippen LogP contribution in [0.3, 0.4) is 0 Å². The molecule has 0 N–H and O–H groups in total. The second kappa shape index (κ2) is 18.1. The Morgan fingerprint density at radius 2 is 1.04 bits per heavy atom. The Morgan fingerprint density at radius 1 is 0.553 bits per heavy atom. The van der Waals surface area contributed by atoms with Crippen LogP contribution in [0, 0.1) is 53.8 Å². The predicted octanol–water partition coefficient (Wildman–Crippen LogP) is 3.40. The van der Waals surface area contributed by atoms with Gasteiger partial charge in [-0.1, -0.05) is 69.2 Å². The summed E-state index contributed by atoms with van der Waals surface area (Å²) in [5, 5.41) is 0. The number of Topliss-reactive ketones (excluding diaryl/α,β-unsaturated/α-hetero) is 2. The van der Waals surface area contributed by atoms with Crippen molar-refractivity contribution in [3.63, 3.8) is 0 Å². The summed E-state index contributed by atoms with van der Waals surface area (Å²) in [5.41, 5.74) is 0. The van der Waals surface area contributed by atoms with Crippen LogP contribution in [0.1, 0.15) is 103 Å². The Balaban J connectivity index is 0.00000600. The third kappa shape index (κ3) is 9.27. The second-order valence-corrected chi connectivity index (χ2v) is 15.2. The molecule has 4 fully saturated rings. The molecule has 9 nitrogen and oxygen atoms in total. The van der Waals surface area contributed by atoms with Crippen LogP contribution in [0.25, 0.3) is 0 Å². The summed E-state index contributed by atoms with van der Waals surface area (Å²) in [4.78, 5) is 25.6. The molecule has 4 aliphatic heterocycles. The van der Waals surface area contributed by atoms with Gasteiger partial charge in [-0.25, -0.2) is 0 Å². The van der Waals surface area contributed by atoms with Crippen molar-refractivity contribution in [1.29, 1.82) is 0 Å². The molecule has 0 aliphatic carbocycles. The first-order chi connectivity index (χ1) is 21.6. The predicted molar refractivity (Wildman–Crippen MR) is 174 cm³/mol. The van der Waals surface area contributed by atoms with E-state index in [0.717, 1.165) is 6.42 Å². The van der Waals surface area contributed by atoms with Crippen LogP contribution in [0.15, 0.2) is 0 Å². The van der Waals surface area contributed by atoms with Crippen molar-refractivity contribution < 1.29 is 101 Å². The number of ether oxygens (including phenoxy) is 7. The van der Waals surface area contributed by atoms with Crippen LogP contribution in [0.4, 0.5) is 0 Å². The fourth-order valence-electron chi connectivity index (χ4n) is 7.99. The van der Waals surface area contributed by atoms with Crippen molar-refractivity contribution in [3.05, 3.63) is 6.42 Å². The van der Waals surface area contributed by atoms with Gasteiger partial charge >= 0.3 is 58.2 Å². The maximum absolute atomic E-state index is 13.0. The van der Waals surface area contributed by atoms with E-state index in [0.29, 0.717) is 18.3 Å². The van der Waals surface area contributed by atoms with E-state index in [1.54, 1.807) is 13.8 Å². The van der Waals surface area contributed by atoms with Gasteiger partial charge in [0.1, 0.15) is 12.2 Å². The zero-order valence-corrected chi connectivity index (χ0v) is 36.6. The maximum Gasteiger partial charge on any atom is 1.00 e. The number of ketones is 2. The van der Waals surface area contributed by atoms with E-state index >= 15 is 0 Å². The fourth-order valence-corrected chi connectivity index (χ4v) is 7.99. The van der Waals surface area contributed by atoms with Gasteiger partial charge in [0.05, 0.1) is 36.6 Å². The molecule has 47 heavy (non-hydrogen) atoms. The Bertz CT molecular complexity index is 1030. The third-order valence-corrected chi connectivity index (χ3v) is 12.2. The van der Waals surface area contributed by atoms with Gasteiger partial charge < -0.3 is 33.2 Å². The molecule has 4 rings (SSSR count). The molecule has 4 aliphatic rings. The van der Waals surface area contributed by atoms with Gasteiger partial charge in [-0.3, -0.25) is 16.0 Å². The van der Waals surface area contributed by atoms with Gasteiger partial charge in [-0.15, -0.1) is 5.92 Å². The number of rotatable bonds is 10. The molecular weight excluding hydrogens is 674 g/mol. The minimum Gasteiger partial charge on any atom is -0.378 e. The summed E-state index contributed by atoms with van der Waals surface area (Å²) in [6.45, 7) is 26.6. The Kier molecular flexibility index (Phi) is 16.3. The maximum atomic E-state index is 13.0. The Morgan fingerprint density at radius 3 is 1.62 bits per heavy atom. The van der Waals surface area contributed by atoms with Crippen LogP contribution in [-0.4, -0.2) is 79.3 Å². The largest absolute Gasteiger partial charge is 1.00 e. The standard InChI is InChI=1S/C37H63O9.Rb/c1-14-28-20(6)18(4)23(9)36(42-28)45-33-22(8)24(10)37(46-35(33)26(12)39)44-31-17(3)16-30(41-29(31)15-2)43-32-21(7)19(5)27(13)40-34(32)25(11)38;/h16-24,27-37H,14-15H2,1-13H3;/q-1;+1/t17-,18+,19?,20+,21+,22-,23?,24?,27?,28?,29?,30+,31+,32-,33+,34?,35?,36-,37-;/m1./s1. The first-order valence-electron chi connectivity index (χ1n) is 18.0. The summed E-state index contributed by atoms with van der Waals surface area (Å²) in [7, 11) is 0. The Labute approximate surface area is 333 Å². The van der Waals surface area contributed by atoms with E-state index in [2.05, 4.69) is 69.2 Å². The van der Waals surface area contributed by atoms with E-state index < -0.39 is 43.3 Å². The van der Waals surface area contributed by atoms with E-state index in [-0.39, 0.29) is 130 Å². The van der Waals surface area contributed by atoms with Crippen molar-refractivity contribution >= 4 is 11.6 Å². The zero-order valence-electron chi connectivity index (χ0n) is 31.6.